The van der Waals surface area contributed by atoms with Gasteiger partial charge in [0.2, 0.25) is 5.88 Å². The molecule has 1 heterocycles. The summed E-state index contributed by atoms with van der Waals surface area (Å²) in [6.07, 6.45) is 0. The van der Waals surface area contributed by atoms with Gasteiger partial charge in [-0.05, 0) is 30.7 Å². The molecular formula is C22H16ClN5O6. The lowest BCUT2D eigenvalue weighted by Crippen LogP contribution is -2.22. The first-order valence-electron chi connectivity index (χ1n) is 9.64. The highest BCUT2D eigenvalue weighted by molar-refractivity contribution is 6.34. The number of nitrogens with zero attached hydrogens (tertiary/aromatic N) is 3. The number of nitrogens with two attached hydrogens (primary N) is 1. The smallest absolute Gasteiger partial charge is 0.301 e. The Bertz CT molecular complexity index is 1340. The number of aromatic hydroxyl groups is 1. The molecule has 1 aliphatic heterocycles. The Morgan fingerprint density at radius 3 is 2.59 bits per heavy atom. The van der Waals surface area contributed by atoms with Gasteiger partial charge in [0.05, 0.1) is 33.7 Å². The van der Waals surface area contributed by atoms with Crippen molar-refractivity contribution in [2.24, 2.45) is 5.73 Å². The molecule has 1 amide bonds. The molecule has 2 aromatic carbocycles. The number of nitro benzene ring substituents is 1. The topological polar surface area (TPSA) is 185 Å². The molecule has 0 spiro atoms. The van der Waals surface area contributed by atoms with Crippen LogP contribution in [0.3, 0.4) is 0 Å². The van der Waals surface area contributed by atoms with Gasteiger partial charge >= 0.3 is 5.95 Å². The molecule has 0 aromatic heterocycles. The normalized spacial score (nSPS) is 15.1. The van der Waals surface area contributed by atoms with Crippen molar-refractivity contribution >= 4 is 28.9 Å². The summed E-state index contributed by atoms with van der Waals surface area (Å²) in [7, 11) is 0. The Morgan fingerprint density at radius 2 is 2.00 bits per heavy atom. The first kappa shape index (κ1) is 23.9. The van der Waals surface area contributed by atoms with E-state index in [4.69, 9.17) is 26.8 Å². The standard InChI is InChI=1S/C22H16ClN5O6/c1-2-33-22-15(10-25)19(14(9-24)20(26)34-22)11-3-6-18(29)13(7-11)21(30)27-17-5-4-12(28(31)32)8-16(17)23/h3-8,19,29H,2,26H2,1H3,(H,27,30). The number of anilines is 1. The van der Waals surface area contributed by atoms with Crippen LogP contribution in [0.25, 0.3) is 0 Å². The number of non-ortho nitro benzene ring substituents is 1. The number of allylic oxidation sites excluding steroid dienone is 2. The fourth-order valence-electron chi connectivity index (χ4n) is 3.24. The zero-order chi connectivity index (χ0) is 25.0. The van der Waals surface area contributed by atoms with Crippen LogP contribution in [-0.2, 0) is 9.47 Å². The number of nitrogens with one attached hydrogen (secondary N) is 1. The number of rotatable bonds is 6. The third-order valence-corrected chi connectivity index (χ3v) is 5.10. The van der Waals surface area contributed by atoms with Gasteiger partial charge in [-0.3, -0.25) is 14.9 Å². The molecule has 1 atom stereocenters. The van der Waals surface area contributed by atoms with Crippen molar-refractivity contribution in [2.75, 3.05) is 11.9 Å². The molecule has 3 rings (SSSR count). The van der Waals surface area contributed by atoms with E-state index in [0.717, 1.165) is 12.1 Å². The van der Waals surface area contributed by atoms with Crippen LogP contribution in [0.5, 0.6) is 5.75 Å². The monoisotopic (exact) mass is 481 g/mol. The summed E-state index contributed by atoms with van der Waals surface area (Å²) in [5.74, 6) is -2.62. The maximum absolute atomic E-state index is 12.9. The number of benzene rings is 2. The van der Waals surface area contributed by atoms with Gasteiger partial charge in [-0.2, -0.15) is 10.5 Å². The Balaban J connectivity index is 2.03. The van der Waals surface area contributed by atoms with E-state index in [-0.39, 0.29) is 57.1 Å². The predicted molar refractivity (Wildman–Crippen MR) is 119 cm³/mol. The van der Waals surface area contributed by atoms with Crippen molar-refractivity contribution < 1.29 is 24.3 Å². The molecule has 0 radical (unpaired) electrons. The minimum absolute atomic E-state index is 0.0388. The summed E-state index contributed by atoms with van der Waals surface area (Å²) >= 11 is 6.03. The third kappa shape index (κ3) is 4.55. The summed E-state index contributed by atoms with van der Waals surface area (Å²) in [5, 5.41) is 42.9. The van der Waals surface area contributed by atoms with Crippen molar-refractivity contribution in [1.29, 1.82) is 10.5 Å². The van der Waals surface area contributed by atoms with Gasteiger partial charge in [0.1, 0.15) is 29.0 Å². The minimum atomic E-state index is -1.01. The van der Waals surface area contributed by atoms with Crippen LogP contribution in [0.4, 0.5) is 11.4 Å². The van der Waals surface area contributed by atoms with E-state index in [1.165, 1.54) is 24.3 Å². The van der Waals surface area contributed by atoms with E-state index in [1.807, 2.05) is 12.1 Å². The molecule has 4 N–H and O–H groups in total. The molecule has 2 aromatic rings. The van der Waals surface area contributed by atoms with Gasteiger partial charge in [0, 0.05) is 12.1 Å². The number of hydrogen-bond donors (Lipinski definition) is 3. The van der Waals surface area contributed by atoms with Crippen molar-refractivity contribution in [3.8, 4) is 17.9 Å². The van der Waals surface area contributed by atoms with Crippen LogP contribution in [0.2, 0.25) is 5.02 Å². The maximum Gasteiger partial charge on any atom is 0.301 e. The summed E-state index contributed by atoms with van der Waals surface area (Å²) < 4.78 is 10.6. The third-order valence-electron chi connectivity index (χ3n) is 4.79. The summed E-state index contributed by atoms with van der Waals surface area (Å²) in [6.45, 7) is 1.84. The number of carbonyl (C=O) groups excluding carboxylic acids is 1. The Hall–Kier alpha value is -4.74. The van der Waals surface area contributed by atoms with Crippen LogP contribution < -0.4 is 11.1 Å². The predicted octanol–water partition coefficient (Wildman–Crippen LogP) is 3.79. The lowest BCUT2D eigenvalue weighted by molar-refractivity contribution is -0.384. The molecule has 0 saturated carbocycles. The van der Waals surface area contributed by atoms with Crippen LogP contribution in [-0.4, -0.2) is 22.5 Å². The second-order valence-corrected chi connectivity index (χ2v) is 7.23. The second-order valence-electron chi connectivity index (χ2n) is 6.82. The van der Waals surface area contributed by atoms with E-state index >= 15 is 0 Å². The molecular weight excluding hydrogens is 466 g/mol. The van der Waals surface area contributed by atoms with Crippen LogP contribution >= 0.6 is 11.6 Å². The number of nitriles is 2. The average molecular weight is 482 g/mol. The minimum Gasteiger partial charge on any atom is -0.507 e. The van der Waals surface area contributed by atoms with Crippen molar-refractivity contribution in [3.63, 3.8) is 0 Å². The number of phenols is 1. The van der Waals surface area contributed by atoms with Gasteiger partial charge in [-0.25, -0.2) is 0 Å². The van der Waals surface area contributed by atoms with E-state index < -0.39 is 22.5 Å². The van der Waals surface area contributed by atoms with E-state index in [2.05, 4.69) is 5.32 Å². The fraction of sp³-hybridized carbons (Fsp3) is 0.136. The van der Waals surface area contributed by atoms with Gasteiger partial charge in [-0.15, -0.1) is 0 Å². The van der Waals surface area contributed by atoms with E-state index in [9.17, 15) is 30.5 Å². The zero-order valence-electron chi connectivity index (χ0n) is 17.5. The first-order chi connectivity index (χ1) is 16.2. The number of ether oxygens (including phenoxy) is 2. The molecule has 11 nitrogen and oxygen atoms in total. The number of hydrogen-bond acceptors (Lipinski definition) is 9. The summed E-state index contributed by atoms with van der Waals surface area (Å²) in [6, 6.07) is 11.3. The van der Waals surface area contributed by atoms with Gasteiger partial charge in [0.25, 0.3) is 11.6 Å². The lowest BCUT2D eigenvalue weighted by Gasteiger charge is -2.25. The van der Waals surface area contributed by atoms with Crippen LogP contribution in [0.15, 0.2) is 59.4 Å². The molecule has 12 heteroatoms. The number of carbonyl (C=O) groups is 1. The number of amides is 1. The van der Waals surface area contributed by atoms with E-state index in [0.29, 0.717) is 0 Å². The highest BCUT2D eigenvalue weighted by atomic mass is 35.5. The molecule has 1 unspecified atom stereocenters. The fourth-order valence-corrected chi connectivity index (χ4v) is 3.46. The Kier molecular flexibility index (Phi) is 6.90. The molecule has 172 valence electrons. The zero-order valence-corrected chi connectivity index (χ0v) is 18.3. The SMILES string of the molecule is CCOC1=C(C#N)C(c2ccc(O)c(C(=O)Nc3ccc([N+](=O)[O-])cc3Cl)c2)C(C#N)=C(N)O1. The largest absolute Gasteiger partial charge is 0.507 e. The van der Waals surface area contributed by atoms with Crippen molar-refractivity contribution in [3.05, 3.63) is 85.6 Å². The number of nitro groups is 1. The number of halogens is 1. The summed E-state index contributed by atoms with van der Waals surface area (Å²) in [5.41, 5.74) is 5.64. The molecule has 34 heavy (non-hydrogen) atoms. The maximum atomic E-state index is 12.9. The van der Waals surface area contributed by atoms with Crippen molar-refractivity contribution in [2.45, 2.75) is 12.8 Å². The Morgan fingerprint density at radius 1 is 1.29 bits per heavy atom. The van der Waals surface area contributed by atoms with Crippen molar-refractivity contribution in [1.82, 2.24) is 0 Å². The first-order valence-corrected chi connectivity index (χ1v) is 10.0. The molecule has 0 bridgehead atoms. The highest BCUT2D eigenvalue weighted by Gasteiger charge is 2.35. The quantitative estimate of drug-likeness (QED) is 0.407. The summed E-state index contributed by atoms with van der Waals surface area (Å²) in [4.78, 5) is 23.1. The highest BCUT2D eigenvalue weighted by Crippen LogP contribution is 2.40. The second kappa shape index (κ2) is 9.81. The van der Waals surface area contributed by atoms with E-state index in [1.54, 1.807) is 6.92 Å². The van der Waals surface area contributed by atoms with Gasteiger partial charge < -0.3 is 25.6 Å². The van der Waals surface area contributed by atoms with Crippen LogP contribution in [0, 0.1) is 32.8 Å². The average Bonchev–Trinajstić information content (AvgIpc) is 2.80. The van der Waals surface area contributed by atoms with Crippen LogP contribution in [0.1, 0.15) is 28.8 Å². The van der Waals surface area contributed by atoms with Gasteiger partial charge in [0.15, 0.2) is 0 Å². The number of phenolic OH excluding ortho intramolecular Hbond substituents is 1. The molecule has 0 aliphatic carbocycles. The Labute approximate surface area is 198 Å². The molecule has 0 saturated heterocycles. The molecule has 0 fully saturated rings. The van der Waals surface area contributed by atoms with Gasteiger partial charge in [-0.1, -0.05) is 17.7 Å². The molecule has 1 aliphatic rings. The lowest BCUT2D eigenvalue weighted by atomic mass is 9.84.